The van der Waals surface area contributed by atoms with Crippen LogP contribution in [0.4, 0.5) is 0 Å². The summed E-state index contributed by atoms with van der Waals surface area (Å²) in [5, 5.41) is 11.6. The SMILES string of the molecule is CC(C)Oc1ccccc1C(C)(O)c1ccc(Cl)cc1. The minimum atomic E-state index is -1.13. The smallest absolute Gasteiger partial charge is 0.126 e. The van der Waals surface area contributed by atoms with Crippen LogP contribution in [-0.4, -0.2) is 11.2 Å². The third-order valence-corrected chi connectivity index (χ3v) is 3.43. The fourth-order valence-corrected chi connectivity index (χ4v) is 2.28. The number of hydrogen-bond acceptors (Lipinski definition) is 2. The van der Waals surface area contributed by atoms with E-state index in [1.807, 2.05) is 50.2 Å². The van der Waals surface area contributed by atoms with Gasteiger partial charge in [-0.2, -0.15) is 0 Å². The van der Waals surface area contributed by atoms with Gasteiger partial charge in [-0.25, -0.2) is 0 Å². The van der Waals surface area contributed by atoms with Crippen molar-refractivity contribution in [1.29, 1.82) is 0 Å². The first-order valence-corrected chi connectivity index (χ1v) is 7.03. The zero-order valence-corrected chi connectivity index (χ0v) is 12.7. The Labute approximate surface area is 125 Å². The summed E-state index contributed by atoms with van der Waals surface area (Å²) in [5.74, 6) is 0.697. The summed E-state index contributed by atoms with van der Waals surface area (Å²) >= 11 is 5.90. The monoisotopic (exact) mass is 290 g/mol. The number of aliphatic hydroxyl groups is 1. The van der Waals surface area contributed by atoms with Gasteiger partial charge in [0, 0.05) is 10.6 Å². The molecule has 0 aliphatic rings. The molecule has 1 N–H and O–H groups in total. The highest BCUT2D eigenvalue weighted by atomic mass is 35.5. The molecule has 0 radical (unpaired) electrons. The molecule has 2 aromatic rings. The molecule has 1 unspecified atom stereocenters. The standard InChI is InChI=1S/C17H19ClO2/c1-12(2)20-16-7-5-4-6-15(16)17(3,19)13-8-10-14(18)11-9-13/h4-12,19H,1-3H3. The van der Waals surface area contributed by atoms with E-state index in [-0.39, 0.29) is 6.10 Å². The number of para-hydroxylation sites is 1. The van der Waals surface area contributed by atoms with Crippen molar-refractivity contribution < 1.29 is 9.84 Å². The van der Waals surface area contributed by atoms with E-state index in [1.165, 1.54) is 0 Å². The summed E-state index contributed by atoms with van der Waals surface area (Å²) in [4.78, 5) is 0. The van der Waals surface area contributed by atoms with E-state index in [2.05, 4.69) is 0 Å². The molecule has 0 spiro atoms. The summed E-state index contributed by atoms with van der Waals surface area (Å²) in [5.41, 5.74) is 0.397. The van der Waals surface area contributed by atoms with Crippen molar-refractivity contribution in [2.24, 2.45) is 0 Å². The zero-order valence-electron chi connectivity index (χ0n) is 11.9. The van der Waals surface area contributed by atoms with Gasteiger partial charge in [0.25, 0.3) is 0 Å². The van der Waals surface area contributed by atoms with Crippen molar-refractivity contribution >= 4 is 11.6 Å². The van der Waals surface area contributed by atoms with Gasteiger partial charge >= 0.3 is 0 Å². The number of hydrogen-bond donors (Lipinski definition) is 1. The van der Waals surface area contributed by atoms with Crippen molar-refractivity contribution in [2.75, 3.05) is 0 Å². The molecule has 0 aliphatic heterocycles. The van der Waals surface area contributed by atoms with Crippen molar-refractivity contribution in [3.05, 3.63) is 64.7 Å². The molecule has 0 aromatic heterocycles. The van der Waals surface area contributed by atoms with Gasteiger partial charge in [0.15, 0.2) is 0 Å². The van der Waals surface area contributed by atoms with Gasteiger partial charge in [-0.15, -0.1) is 0 Å². The van der Waals surface area contributed by atoms with Crippen molar-refractivity contribution in [2.45, 2.75) is 32.5 Å². The predicted octanol–water partition coefficient (Wildman–Crippen LogP) is 4.38. The minimum absolute atomic E-state index is 0.0529. The molecular weight excluding hydrogens is 272 g/mol. The third-order valence-electron chi connectivity index (χ3n) is 3.18. The van der Waals surface area contributed by atoms with Crippen LogP contribution in [0.5, 0.6) is 5.75 Å². The highest BCUT2D eigenvalue weighted by Gasteiger charge is 2.29. The van der Waals surface area contributed by atoms with E-state index in [1.54, 1.807) is 19.1 Å². The second-order valence-corrected chi connectivity index (χ2v) is 5.68. The maximum Gasteiger partial charge on any atom is 0.126 e. The molecule has 0 saturated heterocycles. The van der Waals surface area contributed by atoms with Crippen LogP contribution < -0.4 is 4.74 Å². The molecule has 1 atom stereocenters. The lowest BCUT2D eigenvalue weighted by atomic mass is 9.87. The van der Waals surface area contributed by atoms with Gasteiger partial charge in [-0.1, -0.05) is 41.9 Å². The minimum Gasteiger partial charge on any atom is -0.491 e. The topological polar surface area (TPSA) is 29.5 Å². The van der Waals surface area contributed by atoms with E-state index in [0.29, 0.717) is 10.8 Å². The van der Waals surface area contributed by atoms with Crippen molar-refractivity contribution in [3.8, 4) is 5.75 Å². The first-order chi connectivity index (χ1) is 9.41. The van der Waals surface area contributed by atoms with E-state index in [9.17, 15) is 5.11 Å². The summed E-state index contributed by atoms with van der Waals surface area (Å²) in [6.07, 6.45) is 0.0529. The molecule has 2 aromatic carbocycles. The second kappa shape index (κ2) is 5.86. The summed E-state index contributed by atoms with van der Waals surface area (Å²) in [7, 11) is 0. The lowest BCUT2D eigenvalue weighted by Gasteiger charge is -2.27. The number of ether oxygens (including phenoxy) is 1. The molecule has 0 amide bonds. The second-order valence-electron chi connectivity index (χ2n) is 5.24. The molecule has 2 rings (SSSR count). The van der Waals surface area contributed by atoms with Crippen LogP contribution in [0.3, 0.4) is 0 Å². The average molecular weight is 291 g/mol. The third kappa shape index (κ3) is 3.14. The van der Waals surface area contributed by atoms with Crippen LogP contribution in [-0.2, 0) is 5.60 Å². The zero-order chi connectivity index (χ0) is 14.8. The summed E-state index contributed by atoms with van der Waals surface area (Å²) in [6, 6.07) is 14.8. The number of halogens is 1. The average Bonchev–Trinajstić information content (AvgIpc) is 2.39. The van der Waals surface area contributed by atoms with Crippen LogP contribution >= 0.6 is 11.6 Å². The van der Waals surface area contributed by atoms with Gasteiger partial charge in [-0.05, 0) is 44.5 Å². The first kappa shape index (κ1) is 14.9. The quantitative estimate of drug-likeness (QED) is 0.905. The Hall–Kier alpha value is -1.51. The van der Waals surface area contributed by atoms with E-state index in [0.717, 1.165) is 11.1 Å². The van der Waals surface area contributed by atoms with Crippen LogP contribution in [0.2, 0.25) is 5.02 Å². The van der Waals surface area contributed by atoms with Gasteiger partial charge in [0.1, 0.15) is 11.4 Å². The Kier molecular flexibility index (Phi) is 4.36. The lowest BCUT2D eigenvalue weighted by Crippen LogP contribution is -2.24. The molecular formula is C17H19ClO2. The number of rotatable bonds is 4. The molecule has 0 aliphatic carbocycles. The van der Waals surface area contributed by atoms with Gasteiger partial charge in [0.05, 0.1) is 6.10 Å². The number of benzene rings is 2. The van der Waals surface area contributed by atoms with Crippen LogP contribution in [0.25, 0.3) is 0 Å². The maximum atomic E-state index is 10.9. The predicted molar refractivity (Wildman–Crippen MR) is 82.3 cm³/mol. The first-order valence-electron chi connectivity index (χ1n) is 6.66. The Morgan fingerprint density at radius 3 is 2.25 bits per heavy atom. The van der Waals surface area contributed by atoms with E-state index in [4.69, 9.17) is 16.3 Å². The Morgan fingerprint density at radius 1 is 1.05 bits per heavy atom. The maximum absolute atomic E-state index is 10.9. The van der Waals surface area contributed by atoms with Gasteiger partial charge < -0.3 is 9.84 Å². The summed E-state index contributed by atoms with van der Waals surface area (Å²) in [6.45, 7) is 5.69. The highest BCUT2D eigenvalue weighted by molar-refractivity contribution is 6.30. The molecule has 0 bridgehead atoms. The molecule has 106 valence electrons. The Bertz CT molecular complexity index is 574. The lowest BCUT2D eigenvalue weighted by molar-refractivity contribution is 0.0958. The van der Waals surface area contributed by atoms with E-state index < -0.39 is 5.60 Å². The normalized spacial score (nSPS) is 14.1. The van der Waals surface area contributed by atoms with Crippen molar-refractivity contribution in [3.63, 3.8) is 0 Å². The van der Waals surface area contributed by atoms with Crippen LogP contribution in [0.1, 0.15) is 31.9 Å². The molecule has 0 fully saturated rings. The van der Waals surface area contributed by atoms with Gasteiger partial charge in [0.2, 0.25) is 0 Å². The largest absolute Gasteiger partial charge is 0.491 e. The van der Waals surface area contributed by atoms with Crippen LogP contribution in [0.15, 0.2) is 48.5 Å². The van der Waals surface area contributed by atoms with E-state index >= 15 is 0 Å². The fourth-order valence-electron chi connectivity index (χ4n) is 2.16. The molecule has 20 heavy (non-hydrogen) atoms. The molecule has 3 heteroatoms. The summed E-state index contributed by atoms with van der Waals surface area (Å²) < 4.78 is 5.79. The van der Waals surface area contributed by atoms with Crippen LogP contribution in [0, 0.1) is 0 Å². The molecule has 2 nitrogen and oxygen atoms in total. The van der Waals surface area contributed by atoms with Gasteiger partial charge in [-0.3, -0.25) is 0 Å². The molecule has 0 saturated carbocycles. The molecule has 0 heterocycles. The van der Waals surface area contributed by atoms with Crippen molar-refractivity contribution in [1.82, 2.24) is 0 Å². The fraction of sp³-hybridized carbons (Fsp3) is 0.294. The Morgan fingerprint density at radius 2 is 1.65 bits per heavy atom. The Balaban J connectivity index is 2.45. The highest BCUT2D eigenvalue weighted by Crippen LogP contribution is 2.36.